The maximum absolute atomic E-state index is 9.91. The molecule has 0 aromatic carbocycles. The molecule has 0 saturated carbocycles. The molecular formula is C11H15BrN2O3. The molecule has 1 aromatic rings. The summed E-state index contributed by atoms with van der Waals surface area (Å²) in [7, 11) is 0. The fourth-order valence-corrected chi connectivity index (χ4v) is 1.95. The molecule has 0 bridgehead atoms. The van der Waals surface area contributed by atoms with Crippen LogP contribution in [0.4, 0.5) is 0 Å². The Morgan fingerprint density at radius 1 is 1.53 bits per heavy atom. The summed E-state index contributed by atoms with van der Waals surface area (Å²) < 4.78 is 11.6. The van der Waals surface area contributed by atoms with Crippen LogP contribution in [0, 0.1) is 5.92 Å². The zero-order valence-corrected chi connectivity index (χ0v) is 11.1. The van der Waals surface area contributed by atoms with Crippen LogP contribution in [0.3, 0.4) is 0 Å². The molecule has 0 radical (unpaired) electrons. The van der Waals surface area contributed by atoms with Gasteiger partial charge in [0.15, 0.2) is 0 Å². The van der Waals surface area contributed by atoms with Crippen molar-refractivity contribution in [3.8, 4) is 5.88 Å². The van der Waals surface area contributed by atoms with Gasteiger partial charge in [-0.25, -0.2) is 0 Å². The van der Waals surface area contributed by atoms with E-state index in [0.717, 1.165) is 6.42 Å². The molecule has 6 heteroatoms. The summed E-state index contributed by atoms with van der Waals surface area (Å²) in [6, 6.07) is 3.47. The van der Waals surface area contributed by atoms with E-state index < -0.39 is 6.10 Å². The second kappa shape index (κ2) is 5.75. The van der Waals surface area contributed by atoms with Crippen molar-refractivity contribution in [2.24, 2.45) is 5.92 Å². The Hall–Kier alpha value is -0.720. The first-order chi connectivity index (χ1) is 8.16. The minimum atomic E-state index is -0.479. The summed E-state index contributed by atoms with van der Waals surface area (Å²) in [4.78, 5) is 0. The summed E-state index contributed by atoms with van der Waals surface area (Å²) >= 11 is 3.20. The molecule has 2 heterocycles. The molecule has 1 N–H and O–H groups in total. The number of ether oxygens (including phenoxy) is 2. The number of rotatable bonds is 3. The lowest BCUT2D eigenvalue weighted by Gasteiger charge is -2.32. The maximum atomic E-state index is 9.91. The van der Waals surface area contributed by atoms with Gasteiger partial charge < -0.3 is 14.6 Å². The Morgan fingerprint density at radius 2 is 2.35 bits per heavy atom. The van der Waals surface area contributed by atoms with E-state index in [9.17, 15) is 5.11 Å². The number of hydrogen-bond acceptors (Lipinski definition) is 5. The average Bonchev–Trinajstić information content (AvgIpc) is 2.33. The lowest BCUT2D eigenvalue weighted by molar-refractivity contribution is -0.115. The summed E-state index contributed by atoms with van der Waals surface area (Å²) in [5.41, 5.74) is 0. The third-order valence-corrected chi connectivity index (χ3v) is 3.29. The average molecular weight is 303 g/mol. The summed E-state index contributed by atoms with van der Waals surface area (Å²) in [5.74, 6) is 0.676. The Bertz CT molecular complexity index is 360. The van der Waals surface area contributed by atoms with E-state index in [1.54, 1.807) is 12.1 Å². The molecule has 0 aliphatic carbocycles. The monoisotopic (exact) mass is 302 g/mol. The number of aliphatic hydroxyl groups is 1. The highest BCUT2D eigenvalue weighted by Gasteiger charge is 2.30. The first-order valence-corrected chi connectivity index (χ1v) is 6.38. The SMILES string of the molecule is CC1CCOC(COc2ccc(Br)nn2)C1O. The van der Waals surface area contributed by atoms with Crippen molar-refractivity contribution in [1.29, 1.82) is 0 Å². The summed E-state index contributed by atoms with van der Waals surface area (Å²) in [6.07, 6.45) is 0.117. The van der Waals surface area contributed by atoms with Gasteiger partial charge in [-0.15, -0.1) is 10.2 Å². The fourth-order valence-electron chi connectivity index (χ4n) is 1.74. The predicted octanol–water partition coefficient (Wildman–Crippen LogP) is 1.40. The van der Waals surface area contributed by atoms with Crippen molar-refractivity contribution in [1.82, 2.24) is 10.2 Å². The Kier molecular flexibility index (Phi) is 4.31. The van der Waals surface area contributed by atoms with E-state index in [2.05, 4.69) is 26.1 Å². The van der Waals surface area contributed by atoms with E-state index in [1.807, 2.05) is 6.92 Å². The predicted molar refractivity (Wildman–Crippen MR) is 64.8 cm³/mol. The number of halogens is 1. The first kappa shape index (κ1) is 12.7. The number of nitrogens with zero attached hydrogens (tertiary/aromatic N) is 2. The fraction of sp³-hybridized carbons (Fsp3) is 0.636. The van der Waals surface area contributed by atoms with Gasteiger partial charge in [-0.2, -0.15) is 0 Å². The molecule has 0 spiro atoms. The molecule has 1 aliphatic heterocycles. The zero-order chi connectivity index (χ0) is 12.3. The number of hydrogen-bond donors (Lipinski definition) is 1. The van der Waals surface area contributed by atoms with Crippen LogP contribution in [-0.4, -0.2) is 40.7 Å². The van der Waals surface area contributed by atoms with E-state index in [4.69, 9.17) is 9.47 Å². The largest absolute Gasteiger partial charge is 0.474 e. The lowest BCUT2D eigenvalue weighted by Crippen LogP contribution is -2.43. The lowest BCUT2D eigenvalue weighted by atomic mass is 9.94. The molecule has 2 rings (SSSR count). The molecule has 17 heavy (non-hydrogen) atoms. The third kappa shape index (κ3) is 3.37. The van der Waals surface area contributed by atoms with Gasteiger partial charge in [0.1, 0.15) is 17.3 Å². The van der Waals surface area contributed by atoms with E-state index in [0.29, 0.717) is 23.7 Å². The van der Waals surface area contributed by atoms with Crippen LogP contribution in [0.2, 0.25) is 0 Å². The Labute approximate surface area is 108 Å². The molecule has 0 amide bonds. The van der Waals surface area contributed by atoms with Crippen LogP contribution in [0.5, 0.6) is 5.88 Å². The van der Waals surface area contributed by atoms with Crippen LogP contribution in [-0.2, 0) is 4.74 Å². The van der Waals surface area contributed by atoms with Crippen molar-refractivity contribution >= 4 is 15.9 Å². The van der Waals surface area contributed by atoms with Gasteiger partial charge >= 0.3 is 0 Å². The van der Waals surface area contributed by atoms with E-state index in [1.165, 1.54) is 0 Å². The number of aliphatic hydroxyl groups excluding tert-OH is 1. The molecule has 94 valence electrons. The van der Waals surface area contributed by atoms with Gasteiger partial charge in [0.25, 0.3) is 0 Å². The van der Waals surface area contributed by atoms with Crippen molar-refractivity contribution in [3.05, 3.63) is 16.7 Å². The van der Waals surface area contributed by atoms with Gasteiger partial charge in [-0.3, -0.25) is 0 Å². The highest BCUT2D eigenvalue weighted by atomic mass is 79.9. The van der Waals surface area contributed by atoms with Crippen LogP contribution in [0.25, 0.3) is 0 Å². The molecule has 3 atom stereocenters. The second-order valence-electron chi connectivity index (χ2n) is 4.17. The van der Waals surface area contributed by atoms with Crippen molar-refractivity contribution < 1.29 is 14.6 Å². The molecular weight excluding hydrogens is 288 g/mol. The standard InChI is InChI=1S/C11H15BrN2O3/c1-7-4-5-16-8(11(7)15)6-17-10-3-2-9(12)13-14-10/h2-3,7-8,11,15H,4-6H2,1H3. The Morgan fingerprint density at radius 3 is 3.06 bits per heavy atom. The van der Waals surface area contributed by atoms with Gasteiger partial charge in [-0.05, 0) is 34.3 Å². The van der Waals surface area contributed by atoms with Gasteiger partial charge in [0.2, 0.25) is 5.88 Å². The molecule has 1 saturated heterocycles. The van der Waals surface area contributed by atoms with Gasteiger partial charge in [0, 0.05) is 12.7 Å². The Balaban J connectivity index is 1.87. The smallest absolute Gasteiger partial charge is 0.233 e. The number of aromatic nitrogens is 2. The van der Waals surface area contributed by atoms with Crippen molar-refractivity contribution in [2.45, 2.75) is 25.6 Å². The highest BCUT2D eigenvalue weighted by molar-refractivity contribution is 9.10. The van der Waals surface area contributed by atoms with E-state index in [-0.39, 0.29) is 12.0 Å². The minimum Gasteiger partial charge on any atom is -0.474 e. The molecule has 1 aromatic heterocycles. The quantitative estimate of drug-likeness (QED) is 0.914. The second-order valence-corrected chi connectivity index (χ2v) is 4.98. The topological polar surface area (TPSA) is 64.5 Å². The van der Waals surface area contributed by atoms with Crippen LogP contribution in [0.15, 0.2) is 16.7 Å². The van der Waals surface area contributed by atoms with Gasteiger partial charge in [0.05, 0.1) is 6.10 Å². The normalized spacial score (nSPS) is 29.0. The first-order valence-electron chi connectivity index (χ1n) is 5.58. The van der Waals surface area contributed by atoms with Crippen LogP contribution < -0.4 is 4.74 Å². The van der Waals surface area contributed by atoms with Crippen LogP contribution >= 0.6 is 15.9 Å². The maximum Gasteiger partial charge on any atom is 0.233 e. The van der Waals surface area contributed by atoms with Gasteiger partial charge in [-0.1, -0.05) is 6.92 Å². The highest BCUT2D eigenvalue weighted by Crippen LogP contribution is 2.21. The van der Waals surface area contributed by atoms with Crippen molar-refractivity contribution in [2.75, 3.05) is 13.2 Å². The molecule has 5 nitrogen and oxygen atoms in total. The minimum absolute atomic E-state index is 0.244. The van der Waals surface area contributed by atoms with Crippen molar-refractivity contribution in [3.63, 3.8) is 0 Å². The molecule has 3 unspecified atom stereocenters. The summed E-state index contributed by atoms with van der Waals surface area (Å²) in [5, 5.41) is 17.6. The van der Waals surface area contributed by atoms with Crippen LogP contribution in [0.1, 0.15) is 13.3 Å². The zero-order valence-electron chi connectivity index (χ0n) is 9.54. The van der Waals surface area contributed by atoms with E-state index >= 15 is 0 Å². The molecule has 1 fully saturated rings. The molecule has 1 aliphatic rings. The third-order valence-electron chi connectivity index (χ3n) is 2.87. The summed E-state index contributed by atoms with van der Waals surface area (Å²) in [6.45, 7) is 2.97.